The molecule has 0 radical (unpaired) electrons. The number of carbonyl (C=O) groups excluding carboxylic acids is 1. The van der Waals surface area contributed by atoms with Gasteiger partial charge in [-0.3, -0.25) is 0 Å². The maximum Gasteiger partial charge on any atom is 0.340 e. The molecule has 2 aromatic heterocycles. The molecule has 244 valence electrons. The molecule has 9 heteroatoms. The number of hydrogen-bond acceptors (Lipinski definition) is 6. The Balaban J connectivity index is 1.67. The Kier molecular flexibility index (Phi) is 8.61. The largest absolute Gasteiger partial charge is 0.490 e. The quantitative estimate of drug-likeness (QED) is 0.166. The van der Waals surface area contributed by atoms with Gasteiger partial charge in [0, 0.05) is 39.1 Å². The third-order valence-electron chi connectivity index (χ3n) is 8.47. The molecule has 0 amide bonds. The zero-order chi connectivity index (χ0) is 33.6. The van der Waals surface area contributed by atoms with E-state index in [0.29, 0.717) is 58.0 Å². The number of hydrogen-bond donors (Lipinski definition) is 0. The Hall–Kier alpha value is -4.63. The first-order valence-corrected chi connectivity index (χ1v) is 15.9. The fraction of sp³-hybridized carbons (Fsp3) is 0.342. The molecule has 3 heterocycles. The first-order chi connectivity index (χ1) is 22.4. The van der Waals surface area contributed by atoms with Crippen molar-refractivity contribution in [2.45, 2.75) is 73.0 Å². The second-order valence-electron chi connectivity index (χ2n) is 12.9. The van der Waals surface area contributed by atoms with Gasteiger partial charge in [0.25, 0.3) is 0 Å². The highest BCUT2D eigenvalue weighted by atomic mass is 19.1. The highest BCUT2D eigenvalue weighted by Crippen LogP contribution is 2.43. The zero-order valence-corrected chi connectivity index (χ0v) is 27.8. The molecule has 0 aliphatic carbocycles. The second-order valence-corrected chi connectivity index (χ2v) is 12.9. The summed E-state index contributed by atoms with van der Waals surface area (Å²) in [6, 6.07) is 15.6. The van der Waals surface area contributed by atoms with Crippen LogP contribution in [-0.4, -0.2) is 39.4 Å². The van der Waals surface area contributed by atoms with E-state index in [4.69, 9.17) is 24.3 Å². The van der Waals surface area contributed by atoms with Gasteiger partial charge in [-0.15, -0.1) is 0 Å². The molecule has 1 aliphatic rings. The highest BCUT2D eigenvalue weighted by Gasteiger charge is 2.36. The first kappa shape index (κ1) is 32.3. The maximum atomic E-state index is 15.8. The molecule has 47 heavy (non-hydrogen) atoms. The third-order valence-corrected chi connectivity index (χ3v) is 8.47. The minimum atomic E-state index is -1.17. The predicted octanol–water partition coefficient (Wildman–Crippen LogP) is 8.68. The van der Waals surface area contributed by atoms with Crippen molar-refractivity contribution in [3.05, 3.63) is 94.2 Å². The van der Waals surface area contributed by atoms with Crippen molar-refractivity contribution in [3.63, 3.8) is 0 Å². The Labute approximate surface area is 273 Å². The van der Waals surface area contributed by atoms with E-state index in [9.17, 15) is 9.18 Å². The van der Waals surface area contributed by atoms with E-state index in [1.54, 1.807) is 29.6 Å². The van der Waals surface area contributed by atoms with Crippen molar-refractivity contribution in [1.29, 1.82) is 0 Å². The number of carbonyl (C=O) groups is 1. The Morgan fingerprint density at radius 1 is 0.979 bits per heavy atom. The predicted molar refractivity (Wildman–Crippen MR) is 177 cm³/mol. The Morgan fingerprint density at radius 3 is 2.45 bits per heavy atom. The molecule has 0 saturated heterocycles. The van der Waals surface area contributed by atoms with Crippen molar-refractivity contribution >= 4 is 11.6 Å². The Morgan fingerprint density at radius 2 is 1.72 bits per heavy atom. The van der Waals surface area contributed by atoms with E-state index in [1.165, 1.54) is 12.1 Å². The highest BCUT2D eigenvalue weighted by molar-refractivity contribution is 5.84. The summed E-state index contributed by atoms with van der Waals surface area (Å²) in [5.41, 5.74) is 6.76. The lowest BCUT2D eigenvalue weighted by atomic mass is 9.90. The number of esters is 1. The van der Waals surface area contributed by atoms with Crippen molar-refractivity contribution in [2.24, 2.45) is 0 Å². The molecule has 3 aromatic carbocycles. The first-order valence-electron chi connectivity index (χ1n) is 15.9. The molecular formula is C38H39F2N3O4. The number of nitrogens with zero attached hydrogens (tertiary/aromatic N) is 3. The normalized spacial score (nSPS) is 13.7. The smallest absolute Gasteiger partial charge is 0.340 e. The van der Waals surface area contributed by atoms with Crippen LogP contribution in [0.3, 0.4) is 0 Å². The number of fused-ring (bicyclic) bond motifs is 2. The van der Waals surface area contributed by atoms with E-state index in [2.05, 4.69) is 0 Å². The third kappa shape index (κ3) is 6.00. The van der Waals surface area contributed by atoms with Crippen LogP contribution in [0.5, 0.6) is 5.75 Å². The number of ether oxygens (including phenoxy) is 3. The van der Waals surface area contributed by atoms with Gasteiger partial charge >= 0.3 is 5.97 Å². The molecule has 1 unspecified atom stereocenters. The molecule has 1 aliphatic heterocycles. The summed E-state index contributed by atoms with van der Waals surface area (Å²) in [6.07, 6.45) is 0.241. The fourth-order valence-electron chi connectivity index (χ4n) is 6.36. The van der Waals surface area contributed by atoms with Crippen LogP contribution in [0.15, 0.2) is 54.6 Å². The van der Waals surface area contributed by atoms with Crippen LogP contribution >= 0.6 is 0 Å². The van der Waals surface area contributed by atoms with Crippen molar-refractivity contribution in [1.82, 2.24) is 14.6 Å². The van der Waals surface area contributed by atoms with E-state index in [1.807, 2.05) is 65.8 Å². The second kappa shape index (κ2) is 12.5. The summed E-state index contributed by atoms with van der Waals surface area (Å²) < 4.78 is 50.0. The van der Waals surface area contributed by atoms with Crippen molar-refractivity contribution < 1.29 is 27.8 Å². The van der Waals surface area contributed by atoms with Gasteiger partial charge in [0.05, 0.1) is 30.2 Å². The minimum Gasteiger partial charge on any atom is -0.490 e. The monoisotopic (exact) mass is 639 g/mol. The number of aromatic nitrogens is 3. The molecular weight excluding hydrogens is 600 g/mol. The lowest BCUT2D eigenvalue weighted by molar-refractivity contribution is -0.166. The van der Waals surface area contributed by atoms with Crippen LogP contribution in [0.4, 0.5) is 8.78 Å². The molecule has 7 nitrogen and oxygen atoms in total. The molecule has 0 fully saturated rings. The van der Waals surface area contributed by atoms with Crippen LogP contribution in [-0.2, 0) is 20.7 Å². The summed E-state index contributed by atoms with van der Waals surface area (Å²) in [5.74, 6) is -1.12. The van der Waals surface area contributed by atoms with E-state index >= 15 is 4.39 Å². The molecule has 1 atom stereocenters. The van der Waals surface area contributed by atoms with Crippen LogP contribution in [0, 0.1) is 32.4 Å². The molecule has 6 rings (SSSR count). The molecule has 0 bridgehead atoms. The van der Waals surface area contributed by atoms with Gasteiger partial charge in [-0.1, -0.05) is 36.4 Å². The van der Waals surface area contributed by atoms with Gasteiger partial charge in [0.1, 0.15) is 5.82 Å². The van der Waals surface area contributed by atoms with Gasteiger partial charge < -0.3 is 14.2 Å². The zero-order valence-electron chi connectivity index (χ0n) is 27.8. The van der Waals surface area contributed by atoms with E-state index in [-0.39, 0.29) is 18.2 Å². The summed E-state index contributed by atoms with van der Waals surface area (Å²) in [5, 5.41) is 5.08. The lowest BCUT2D eigenvalue weighted by Gasteiger charge is -2.29. The van der Waals surface area contributed by atoms with E-state index < -0.39 is 23.5 Å². The number of halogens is 2. The summed E-state index contributed by atoms with van der Waals surface area (Å²) >= 11 is 0. The number of rotatable bonds is 7. The maximum absolute atomic E-state index is 15.8. The van der Waals surface area contributed by atoms with Gasteiger partial charge in [-0.25, -0.2) is 23.1 Å². The molecule has 5 aromatic rings. The summed E-state index contributed by atoms with van der Waals surface area (Å²) in [7, 11) is 0. The average molecular weight is 640 g/mol. The van der Waals surface area contributed by atoms with Gasteiger partial charge in [-0.2, -0.15) is 5.10 Å². The van der Waals surface area contributed by atoms with Gasteiger partial charge in [-0.05, 0) is 90.6 Å². The van der Waals surface area contributed by atoms with Crippen LogP contribution in [0.25, 0.3) is 39.3 Å². The minimum absolute atomic E-state index is 0.153. The van der Waals surface area contributed by atoms with Gasteiger partial charge in [0.15, 0.2) is 23.3 Å². The van der Waals surface area contributed by atoms with Crippen LogP contribution in [0.2, 0.25) is 0 Å². The van der Waals surface area contributed by atoms with Gasteiger partial charge in [0.2, 0.25) is 0 Å². The Bertz CT molecular complexity index is 2010. The molecule has 0 spiro atoms. The lowest BCUT2D eigenvalue weighted by Crippen LogP contribution is -2.30. The van der Waals surface area contributed by atoms with Crippen molar-refractivity contribution in [2.75, 3.05) is 13.2 Å². The standard InChI is InChI=1S/C38H39F2N3O4/c1-8-45-37(44)35(47-38(5,6)7)31-23(4)41-36-22(3)32(25-14-11-13-24(19-25)27-15-9-10-17-29(27)39)42-43(36)33(31)28-20-30(40)34-26(21(28)2)16-12-18-46-34/h9-11,13-15,17,19-20,35H,8,12,16,18H2,1-7H3. The fourth-order valence-corrected chi connectivity index (χ4v) is 6.36. The van der Waals surface area contributed by atoms with E-state index in [0.717, 1.165) is 28.7 Å². The topological polar surface area (TPSA) is 75.0 Å². The SMILES string of the molecule is CCOC(=O)C(OC(C)(C)C)c1c(C)nc2c(C)c(-c3cccc(-c4ccccc4F)c3)nn2c1-c1cc(F)c2c(c1C)CCCO2. The van der Waals surface area contributed by atoms with Crippen LogP contribution in [0.1, 0.15) is 68.2 Å². The summed E-state index contributed by atoms with van der Waals surface area (Å²) in [6.45, 7) is 13.6. The molecule has 0 N–H and O–H groups in total. The summed E-state index contributed by atoms with van der Waals surface area (Å²) in [4.78, 5) is 18.6. The van der Waals surface area contributed by atoms with Crippen LogP contribution < -0.4 is 4.74 Å². The van der Waals surface area contributed by atoms with Crippen molar-refractivity contribution in [3.8, 4) is 39.4 Å². The number of benzene rings is 3. The average Bonchev–Trinajstić information content (AvgIpc) is 3.36. The molecule has 0 saturated carbocycles. The number of aryl methyl sites for hydroxylation is 2.